The van der Waals surface area contributed by atoms with E-state index in [9.17, 15) is 9.90 Å². The Labute approximate surface area is 149 Å². The Morgan fingerprint density at radius 3 is 2.83 bits per heavy atom. The number of hydrogen-bond donors (Lipinski definition) is 3. The van der Waals surface area contributed by atoms with E-state index in [4.69, 9.17) is 4.74 Å². The van der Waals surface area contributed by atoms with Gasteiger partial charge in [-0.3, -0.25) is 9.89 Å². The number of hydrogen-bond acceptors (Lipinski definition) is 5. The number of phenolic OH excluding ortho intramolecular Hbond substituents is 1. The van der Waals surface area contributed by atoms with E-state index in [1.54, 1.807) is 19.1 Å². The Balaban J connectivity index is 2.17. The first-order chi connectivity index (χ1) is 10.9. The summed E-state index contributed by atoms with van der Waals surface area (Å²) in [4.78, 5) is 11.8. The third kappa shape index (κ3) is 4.11. The zero-order valence-electron chi connectivity index (χ0n) is 12.4. The molecular formula is C14H14Br2N4O3. The van der Waals surface area contributed by atoms with Crippen LogP contribution in [0.3, 0.4) is 0 Å². The fraction of sp³-hybridized carbons (Fsp3) is 0.214. The molecular weight excluding hydrogens is 432 g/mol. The van der Waals surface area contributed by atoms with Crippen molar-refractivity contribution < 1.29 is 14.6 Å². The lowest BCUT2D eigenvalue weighted by molar-refractivity contribution is 0.0950. The van der Waals surface area contributed by atoms with Gasteiger partial charge in [-0.25, -0.2) is 5.43 Å². The smallest absolute Gasteiger partial charge is 0.291 e. The van der Waals surface area contributed by atoms with Gasteiger partial charge in [0.1, 0.15) is 0 Å². The maximum Gasteiger partial charge on any atom is 0.291 e. The molecule has 1 heterocycles. The summed E-state index contributed by atoms with van der Waals surface area (Å²) in [6.07, 6.45) is 1.44. The van der Waals surface area contributed by atoms with Gasteiger partial charge in [0, 0.05) is 15.7 Å². The van der Waals surface area contributed by atoms with Crippen molar-refractivity contribution in [2.24, 2.45) is 5.10 Å². The lowest BCUT2D eigenvalue weighted by Crippen LogP contribution is -2.18. The van der Waals surface area contributed by atoms with Crippen molar-refractivity contribution in [2.75, 3.05) is 6.61 Å². The highest BCUT2D eigenvalue weighted by atomic mass is 79.9. The third-order valence-electron chi connectivity index (χ3n) is 2.78. The third-order valence-corrected chi connectivity index (χ3v) is 4.94. The SMILES string of the molecule is CCOc1cc(C=NNC(=O)c2cc(C)[nH]n2)c(Br)c(Br)c1O. The van der Waals surface area contributed by atoms with Crippen LogP contribution in [-0.2, 0) is 0 Å². The Kier molecular flexibility index (Phi) is 5.78. The van der Waals surface area contributed by atoms with Gasteiger partial charge >= 0.3 is 0 Å². The molecule has 9 heteroatoms. The van der Waals surface area contributed by atoms with Gasteiger partial charge in [0.15, 0.2) is 17.2 Å². The minimum Gasteiger partial charge on any atom is -0.503 e. The van der Waals surface area contributed by atoms with Crippen LogP contribution < -0.4 is 10.2 Å². The summed E-state index contributed by atoms with van der Waals surface area (Å²) in [6, 6.07) is 3.23. The Morgan fingerprint density at radius 2 is 2.22 bits per heavy atom. The molecule has 0 saturated carbocycles. The van der Waals surface area contributed by atoms with Crippen molar-refractivity contribution in [1.29, 1.82) is 0 Å². The molecule has 1 amide bonds. The first-order valence-corrected chi connectivity index (χ1v) is 8.21. The monoisotopic (exact) mass is 444 g/mol. The normalized spacial score (nSPS) is 11.0. The van der Waals surface area contributed by atoms with Crippen molar-refractivity contribution in [3.05, 3.63) is 38.0 Å². The summed E-state index contributed by atoms with van der Waals surface area (Å²) in [5.74, 6) is -0.116. The second-order valence-electron chi connectivity index (χ2n) is 4.51. The van der Waals surface area contributed by atoms with E-state index in [1.807, 2.05) is 6.92 Å². The molecule has 3 N–H and O–H groups in total. The Morgan fingerprint density at radius 1 is 1.48 bits per heavy atom. The molecule has 0 spiro atoms. The van der Waals surface area contributed by atoms with Gasteiger partial charge in [-0.2, -0.15) is 10.2 Å². The molecule has 23 heavy (non-hydrogen) atoms. The topological polar surface area (TPSA) is 99.6 Å². The number of carbonyl (C=O) groups excluding carboxylic acids is 1. The molecule has 2 aromatic rings. The molecule has 1 aromatic heterocycles. The number of rotatable bonds is 5. The highest BCUT2D eigenvalue weighted by Gasteiger charge is 2.14. The largest absolute Gasteiger partial charge is 0.503 e. The number of aromatic nitrogens is 2. The average molecular weight is 446 g/mol. The van der Waals surface area contributed by atoms with Crippen LogP contribution in [0.1, 0.15) is 28.7 Å². The van der Waals surface area contributed by atoms with E-state index in [0.717, 1.165) is 5.69 Å². The molecule has 0 bridgehead atoms. The molecule has 7 nitrogen and oxygen atoms in total. The number of aromatic hydroxyl groups is 1. The van der Waals surface area contributed by atoms with E-state index in [2.05, 4.69) is 52.6 Å². The Hall–Kier alpha value is -1.87. The standard InChI is InChI=1S/C14H14Br2N4O3/c1-3-23-10-5-8(11(15)12(16)13(10)21)6-17-20-14(22)9-4-7(2)18-19-9/h4-6,21H,3H2,1-2H3,(H,18,19)(H,20,22). The molecule has 0 atom stereocenters. The van der Waals surface area contributed by atoms with Crippen LogP contribution in [0.2, 0.25) is 0 Å². The maximum atomic E-state index is 11.8. The van der Waals surface area contributed by atoms with Gasteiger partial charge in [0.25, 0.3) is 5.91 Å². The van der Waals surface area contributed by atoms with E-state index >= 15 is 0 Å². The van der Waals surface area contributed by atoms with Crippen molar-refractivity contribution in [2.45, 2.75) is 13.8 Å². The van der Waals surface area contributed by atoms with E-state index < -0.39 is 5.91 Å². The summed E-state index contributed by atoms with van der Waals surface area (Å²) in [7, 11) is 0. The Bertz CT molecular complexity index is 759. The molecule has 2 rings (SSSR count). The van der Waals surface area contributed by atoms with Crippen molar-refractivity contribution in [3.8, 4) is 11.5 Å². The zero-order valence-corrected chi connectivity index (χ0v) is 15.5. The second kappa shape index (κ2) is 7.60. The van der Waals surface area contributed by atoms with Crippen LogP contribution in [0, 0.1) is 6.92 Å². The number of phenols is 1. The highest BCUT2D eigenvalue weighted by Crippen LogP contribution is 2.41. The lowest BCUT2D eigenvalue weighted by atomic mass is 10.2. The fourth-order valence-corrected chi connectivity index (χ4v) is 2.55. The number of halogens is 2. The predicted octanol–water partition coefficient (Wildman–Crippen LogP) is 3.11. The molecule has 0 saturated heterocycles. The number of nitrogens with one attached hydrogen (secondary N) is 2. The van der Waals surface area contributed by atoms with Gasteiger partial charge in [-0.05, 0) is 57.8 Å². The van der Waals surface area contributed by atoms with Crippen molar-refractivity contribution in [3.63, 3.8) is 0 Å². The van der Waals surface area contributed by atoms with E-state index in [-0.39, 0.29) is 11.4 Å². The molecule has 0 radical (unpaired) electrons. The number of aryl methyl sites for hydroxylation is 1. The second-order valence-corrected chi connectivity index (χ2v) is 6.09. The van der Waals surface area contributed by atoms with Crippen LogP contribution in [0.15, 0.2) is 26.2 Å². The number of nitrogens with zero attached hydrogens (tertiary/aromatic N) is 2. The molecule has 0 fully saturated rings. The number of benzene rings is 1. The number of amides is 1. The minimum atomic E-state index is -0.426. The first kappa shape index (κ1) is 17.5. The molecule has 1 aromatic carbocycles. The first-order valence-electron chi connectivity index (χ1n) is 6.63. The average Bonchev–Trinajstić information content (AvgIpc) is 2.96. The highest BCUT2D eigenvalue weighted by molar-refractivity contribution is 9.13. The number of ether oxygens (including phenoxy) is 1. The number of hydrazone groups is 1. The molecule has 0 aliphatic carbocycles. The van der Waals surface area contributed by atoms with Crippen LogP contribution >= 0.6 is 31.9 Å². The van der Waals surface area contributed by atoms with Gasteiger partial charge in [0.05, 0.1) is 17.3 Å². The summed E-state index contributed by atoms with van der Waals surface area (Å²) in [5, 5.41) is 20.4. The van der Waals surface area contributed by atoms with Gasteiger partial charge in [-0.1, -0.05) is 0 Å². The van der Waals surface area contributed by atoms with Gasteiger partial charge in [-0.15, -0.1) is 0 Å². The fourth-order valence-electron chi connectivity index (χ4n) is 1.72. The van der Waals surface area contributed by atoms with Crippen molar-refractivity contribution >= 4 is 44.0 Å². The molecule has 0 aliphatic heterocycles. The van der Waals surface area contributed by atoms with E-state index in [1.165, 1.54) is 6.21 Å². The van der Waals surface area contributed by atoms with Crippen LogP contribution in [0.5, 0.6) is 11.5 Å². The lowest BCUT2D eigenvalue weighted by Gasteiger charge is -2.10. The number of carbonyl (C=O) groups is 1. The van der Waals surface area contributed by atoms with Crippen molar-refractivity contribution in [1.82, 2.24) is 15.6 Å². The van der Waals surface area contributed by atoms with Gasteiger partial charge < -0.3 is 9.84 Å². The molecule has 122 valence electrons. The summed E-state index contributed by atoms with van der Waals surface area (Å²) in [5.41, 5.74) is 4.04. The van der Waals surface area contributed by atoms with Crippen LogP contribution in [-0.4, -0.2) is 34.0 Å². The predicted molar refractivity (Wildman–Crippen MR) is 93.1 cm³/mol. The molecule has 0 unspecified atom stereocenters. The quantitative estimate of drug-likeness (QED) is 0.486. The number of aromatic amines is 1. The summed E-state index contributed by atoms with van der Waals surface area (Å²) >= 11 is 6.62. The summed E-state index contributed by atoms with van der Waals surface area (Å²) < 4.78 is 6.38. The molecule has 0 aliphatic rings. The minimum absolute atomic E-state index is 0.00749. The van der Waals surface area contributed by atoms with E-state index in [0.29, 0.717) is 26.9 Å². The van der Waals surface area contributed by atoms with Crippen LogP contribution in [0.4, 0.5) is 0 Å². The number of H-pyrrole nitrogens is 1. The summed E-state index contributed by atoms with van der Waals surface area (Å²) in [6.45, 7) is 4.02. The zero-order chi connectivity index (χ0) is 17.0. The van der Waals surface area contributed by atoms with Gasteiger partial charge in [0.2, 0.25) is 0 Å². The van der Waals surface area contributed by atoms with Crippen LogP contribution in [0.25, 0.3) is 0 Å². The maximum absolute atomic E-state index is 11.8.